The highest BCUT2D eigenvalue weighted by Gasteiger charge is 2.52. The van der Waals surface area contributed by atoms with Crippen LogP contribution in [0.2, 0.25) is 0 Å². The Kier molecular flexibility index (Phi) is 4.67. The first kappa shape index (κ1) is 21.3. The number of pyridine rings is 1. The van der Waals surface area contributed by atoms with Crippen molar-refractivity contribution in [2.45, 2.75) is 64.6 Å². The average Bonchev–Trinajstić information content (AvgIpc) is 3.51. The third kappa shape index (κ3) is 3.30. The third-order valence-electron chi connectivity index (χ3n) is 7.18. The lowest BCUT2D eigenvalue weighted by Gasteiger charge is -2.32. The number of hydrogen-bond acceptors (Lipinski definition) is 3. The Bertz CT molecular complexity index is 1290. The van der Waals surface area contributed by atoms with Crippen molar-refractivity contribution in [3.8, 4) is 5.69 Å². The zero-order chi connectivity index (χ0) is 23.0. The van der Waals surface area contributed by atoms with Gasteiger partial charge in [-0.05, 0) is 99.6 Å². The summed E-state index contributed by atoms with van der Waals surface area (Å²) in [7, 11) is -0.775. The van der Waals surface area contributed by atoms with Gasteiger partial charge >= 0.3 is 7.12 Å². The van der Waals surface area contributed by atoms with Gasteiger partial charge in [-0.1, -0.05) is 6.07 Å². The fraction of sp³-hybridized carbons (Fsp3) is 0.400. The fourth-order valence-electron chi connectivity index (χ4n) is 4.34. The van der Waals surface area contributed by atoms with Crippen LogP contribution in [-0.4, -0.2) is 22.9 Å². The van der Waals surface area contributed by atoms with E-state index in [1.54, 1.807) is 19.2 Å². The van der Waals surface area contributed by atoms with Crippen LogP contribution in [-0.2, 0) is 9.31 Å². The van der Waals surface area contributed by atoms with Crippen LogP contribution in [0.4, 0.5) is 8.78 Å². The molecule has 0 spiro atoms. The topological polar surface area (TPSA) is 40.5 Å². The van der Waals surface area contributed by atoms with E-state index in [1.165, 1.54) is 22.8 Å². The normalized spacial score (nSPS) is 19.7. The maximum Gasteiger partial charge on any atom is 0.495 e. The lowest BCUT2D eigenvalue weighted by Crippen LogP contribution is -2.41. The van der Waals surface area contributed by atoms with Crippen LogP contribution in [0.3, 0.4) is 0 Å². The van der Waals surface area contributed by atoms with Gasteiger partial charge in [-0.3, -0.25) is 9.36 Å². The molecule has 0 bridgehead atoms. The second-order valence-corrected chi connectivity index (χ2v) is 9.96. The van der Waals surface area contributed by atoms with Gasteiger partial charge < -0.3 is 9.31 Å². The molecule has 5 rings (SSSR count). The van der Waals surface area contributed by atoms with E-state index in [0.717, 1.165) is 18.4 Å². The molecule has 0 amide bonds. The quantitative estimate of drug-likeness (QED) is 0.556. The molecule has 3 aromatic rings. The second kappa shape index (κ2) is 6.99. The van der Waals surface area contributed by atoms with Crippen molar-refractivity contribution in [1.82, 2.24) is 4.57 Å². The highest BCUT2D eigenvalue weighted by Crippen LogP contribution is 2.41. The van der Waals surface area contributed by atoms with Crippen LogP contribution in [0, 0.1) is 18.6 Å². The third-order valence-corrected chi connectivity index (χ3v) is 7.18. The van der Waals surface area contributed by atoms with Crippen molar-refractivity contribution in [2.75, 3.05) is 0 Å². The maximum atomic E-state index is 14.9. The molecule has 1 aliphatic heterocycles. The van der Waals surface area contributed by atoms with Gasteiger partial charge in [-0.2, -0.15) is 0 Å². The Morgan fingerprint density at radius 2 is 1.69 bits per heavy atom. The van der Waals surface area contributed by atoms with Gasteiger partial charge in [0.15, 0.2) is 0 Å². The average molecular weight is 437 g/mol. The van der Waals surface area contributed by atoms with Gasteiger partial charge in [0.25, 0.3) is 5.56 Å². The van der Waals surface area contributed by atoms with Crippen molar-refractivity contribution in [1.29, 1.82) is 0 Å². The molecule has 166 valence electrons. The minimum atomic E-state index is -0.775. The molecule has 1 aromatic heterocycles. The minimum Gasteiger partial charge on any atom is -0.399 e. The molecule has 0 radical (unpaired) electrons. The summed E-state index contributed by atoms with van der Waals surface area (Å²) in [4.78, 5) is 13.3. The summed E-state index contributed by atoms with van der Waals surface area (Å²) in [6, 6.07) is 7.71. The molecule has 0 atom stereocenters. The fourth-order valence-corrected chi connectivity index (χ4v) is 4.34. The number of aromatic nitrogens is 1. The number of nitrogens with zero attached hydrogens (tertiary/aromatic N) is 1. The maximum absolute atomic E-state index is 14.9. The van der Waals surface area contributed by atoms with E-state index < -0.39 is 35.5 Å². The molecule has 7 heteroatoms. The molecule has 1 saturated heterocycles. The Labute approximate surface area is 186 Å². The summed E-state index contributed by atoms with van der Waals surface area (Å²) >= 11 is 0. The van der Waals surface area contributed by atoms with Crippen molar-refractivity contribution < 1.29 is 18.1 Å². The lowest BCUT2D eigenvalue weighted by atomic mass is 9.75. The van der Waals surface area contributed by atoms with Gasteiger partial charge in [0.1, 0.15) is 11.6 Å². The predicted octanol–water partition coefficient (Wildman–Crippen LogP) is 4.75. The van der Waals surface area contributed by atoms with E-state index in [2.05, 4.69) is 0 Å². The summed E-state index contributed by atoms with van der Waals surface area (Å²) in [6.07, 6.45) is 3.68. The van der Waals surface area contributed by atoms with E-state index in [1.807, 2.05) is 33.8 Å². The van der Waals surface area contributed by atoms with Gasteiger partial charge in [-0.25, -0.2) is 8.78 Å². The van der Waals surface area contributed by atoms with E-state index in [-0.39, 0.29) is 5.39 Å². The van der Waals surface area contributed by atoms with Crippen LogP contribution >= 0.6 is 0 Å². The van der Waals surface area contributed by atoms with E-state index in [4.69, 9.17) is 9.31 Å². The monoisotopic (exact) mass is 437 g/mol. The first-order valence-electron chi connectivity index (χ1n) is 11.0. The van der Waals surface area contributed by atoms with Gasteiger partial charge in [0, 0.05) is 6.20 Å². The number of rotatable bonds is 3. The molecular weight excluding hydrogens is 411 g/mol. The number of benzene rings is 2. The first-order valence-corrected chi connectivity index (χ1v) is 11.0. The SMILES string of the molecule is Cc1c(B2OC(C)(C)C(C)(C)O2)cc(F)cc1-n1ccc2cc(C3CC3)cc(F)c2c1=O. The molecule has 2 aromatic carbocycles. The molecule has 4 nitrogen and oxygen atoms in total. The largest absolute Gasteiger partial charge is 0.495 e. The summed E-state index contributed by atoms with van der Waals surface area (Å²) in [6.45, 7) is 9.49. The van der Waals surface area contributed by atoms with Crippen LogP contribution in [0.5, 0.6) is 0 Å². The van der Waals surface area contributed by atoms with Crippen molar-refractivity contribution in [3.63, 3.8) is 0 Å². The van der Waals surface area contributed by atoms with Crippen LogP contribution in [0.1, 0.15) is 57.6 Å². The van der Waals surface area contributed by atoms with Gasteiger partial charge in [-0.15, -0.1) is 0 Å². The zero-order valence-electron chi connectivity index (χ0n) is 19.0. The highest BCUT2D eigenvalue weighted by atomic mass is 19.1. The summed E-state index contributed by atoms with van der Waals surface area (Å²) in [5, 5.41) is 0.575. The van der Waals surface area contributed by atoms with E-state index in [0.29, 0.717) is 28.0 Å². The second-order valence-electron chi connectivity index (χ2n) is 9.96. The molecule has 0 N–H and O–H groups in total. The Morgan fingerprint density at radius 1 is 1.03 bits per heavy atom. The van der Waals surface area contributed by atoms with Crippen molar-refractivity contribution in [3.05, 3.63) is 69.6 Å². The smallest absolute Gasteiger partial charge is 0.399 e. The molecular formula is C25H26BF2NO3. The zero-order valence-corrected chi connectivity index (χ0v) is 19.0. The molecule has 32 heavy (non-hydrogen) atoms. The number of hydrogen-bond donors (Lipinski definition) is 0. The van der Waals surface area contributed by atoms with E-state index in [9.17, 15) is 13.6 Å². The molecule has 2 fully saturated rings. The van der Waals surface area contributed by atoms with E-state index >= 15 is 0 Å². The molecule has 1 aliphatic carbocycles. The Hall–Kier alpha value is -2.51. The predicted molar refractivity (Wildman–Crippen MR) is 122 cm³/mol. The van der Waals surface area contributed by atoms with Gasteiger partial charge in [0.2, 0.25) is 0 Å². The molecule has 0 unspecified atom stereocenters. The van der Waals surface area contributed by atoms with Crippen molar-refractivity contribution >= 4 is 23.4 Å². The molecule has 1 saturated carbocycles. The molecule has 2 heterocycles. The minimum absolute atomic E-state index is 0.0118. The summed E-state index contributed by atoms with van der Waals surface area (Å²) in [5.41, 5.74) is 0.731. The van der Waals surface area contributed by atoms with Crippen molar-refractivity contribution in [2.24, 2.45) is 0 Å². The van der Waals surface area contributed by atoms with Gasteiger partial charge in [0.05, 0.1) is 22.3 Å². The van der Waals surface area contributed by atoms with Crippen LogP contribution < -0.4 is 11.0 Å². The number of fused-ring (bicyclic) bond motifs is 1. The number of halogens is 2. The Morgan fingerprint density at radius 3 is 2.31 bits per heavy atom. The lowest BCUT2D eigenvalue weighted by molar-refractivity contribution is 0.00578. The summed E-state index contributed by atoms with van der Waals surface area (Å²) in [5.74, 6) is -0.680. The standard InChI is InChI=1S/C25H26BF2NO3/c1-14-19(26-31-24(2,3)25(4,5)32-26)12-18(27)13-21(14)29-9-8-16-10-17(15-6-7-15)11-20(28)22(16)23(29)30/h8-13,15H,6-7H2,1-5H3. The summed E-state index contributed by atoms with van der Waals surface area (Å²) < 4.78 is 43.1. The van der Waals surface area contributed by atoms with Crippen LogP contribution in [0.25, 0.3) is 16.5 Å². The highest BCUT2D eigenvalue weighted by molar-refractivity contribution is 6.62. The first-order chi connectivity index (χ1) is 15.0. The van der Waals surface area contributed by atoms with Crippen LogP contribution in [0.15, 0.2) is 41.3 Å². The molecule has 2 aliphatic rings. The Balaban J connectivity index is 1.64.